The Hall–Kier alpha value is -1.48. The van der Waals surface area contributed by atoms with Gasteiger partial charge in [0, 0.05) is 4.47 Å². The summed E-state index contributed by atoms with van der Waals surface area (Å²) in [5.41, 5.74) is 3.74. The highest BCUT2D eigenvalue weighted by Gasteiger charge is 2.24. The average molecular weight is 304 g/mol. The minimum Gasteiger partial charge on any atom is -0.495 e. The Morgan fingerprint density at radius 2 is 2.06 bits per heavy atom. The van der Waals surface area contributed by atoms with E-state index in [9.17, 15) is 0 Å². The average Bonchev–Trinajstić information content (AvgIpc) is 2.82. The van der Waals surface area contributed by atoms with Crippen LogP contribution in [0.2, 0.25) is 0 Å². The summed E-state index contributed by atoms with van der Waals surface area (Å²) in [5.74, 6) is 0.921. The zero-order valence-electron chi connectivity index (χ0n) is 10.1. The number of methoxy groups -OCH3 is 1. The first-order valence-corrected chi connectivity index (χ1v) is 6.75. The molecule has 1 aliphatic rings. The molecule has 0 saturated heterocycles. The van der Waals surface area contributed by atoms with Crippen LogP contribution in [0.25, 0.3) is 0 Å². The first-order chi connectivity index (χ1) is 8.78. The second-order valence-corrected chi connectivity index (χ2v) is 5.37. The smallest absolute Gasteiger partial charge is 0.142 e. The van der Waals surface area contributed by atoms with Crippen LogP contribution in [0.3, 0.4) is 0 Å². The van der Waals surface area contributed by atoms with Crippen molar-refractivity contribution in [3.63, 3.8) is 0 Å². The fourth-order valence-electron chi connectivity index (χ4n) is 2.45. The Kier molecular flexibility index (Phi) is 3.00. The van der Waals surface area contributed by atoms with Crippen LogP contribution in [-0.4, -0.2) is 7.11 Å². The molecule has 3 heteroatoms. The van der Waals surface area contributed by atoms with Crippen LogP contribution < -0.4 is 10.1 Å². The molecule has 0 radical (unpaired) electrons. The molecule has 92 valence electrons. The van der Waals surface area contributed by atoms with Crippen molar-refractivity contribution in [1.29, 1.82) is 0 Å². The van der Waals surface area contributed by atoms with Crippen LogP contribution in [0.4, 0.5) is 5.69 Å². The van der Waals surface area contributed by atoms with E-state index in [4.69, 9.17) is 4.74 Å². The van der Waals surface area contributed by atoms with Crippen molar-refractivity contribution < 1.29 is 4.74 Å². The van der Waals surface area contributed by atoms with Gasteiger partial charge in [-0.25, -0.2) is 0 Å². The monoisotopic (exact) mass is 303 g/mol. The molecule has 0 saturated carbocycles. The maximum Gasteiger partial charge on any atom is 0.142 e. The van der Waals surface area contributed by atoms with Gasteiger partial charge in [0.25, 0.3) is 0 Å². The van der Waals surface area contributed by atoms with Crippen LogP contribution >= 0.6 is 15.9 Å². The van der Waals surface area contributed by atoms with E-state index in [-0.39, 0.29) is 0 Å². The van der Waals surface area contributed by atoms with Crippen LogP contribution in [0, 0.1) is 0 Å². The van der Waals surface area contributed by atoms with E-state index in [1.54, 1.807) is 7.11 Å². The molecule has 0 spiro atoms. The van der Waals surface area contributed by atoms with E-state index >= 15 is 0 Å². The lowest BCUT2D eigenvalue weighted by atomic mass is 10.0. The molecule has 1 unspecified atom stereocenters. The summed E-state index contributed by atoms with van der Waals surface area (Å²) in [6.07, 6.45) is 1.00. The maximum absolute atomic E-state index is 5.39. The predicted molar refractivity (Wildman–Crippen MR) is 77.2 cm³/mol. The number of anilines is 1. The van der Waals surface area contributed by atoms with E-state index in [2.05, 4.69) is 45.5 Å². The molecule has 0 amide bonds. The van der Waals surface area contributed by atoms with Gasteiger partial charge in [-0.15, -0.1) is 0 Å². The third-order valence-electron chi connectivity index (χ3n) is 3.33. The van der Waals surface area contributed by atoms with Gasteiger partial charge in [0.05, 0.1) is 18.8 Å². The number of ether oxygens (including phenoxy) is 1. The van der Waals surface area contributed by atoms with E-state index in [0.717, 1.165) is 22.3 Å². The highest BCUT2D eigenvalue weighted by Crippen LogP contribution is 2.40. The van der Waals surface area contributed by atoms with Gasteiger partial charge in [0.15, 0.2) is 0 Å². The number of fused-ring (bicyclic) bond motifs is 1. The van der Waals surface area contributed by atoms with Gasteiger partial charge < -0.3 is 10.1 Å². The fraction of sp³-hybridized carbons (Fsp3) is 0.200. The van der Waals surface area contributed by atoms with Crippen LogP contribution in [0.1, 0.15) is 17.2 Å². The number of benzene rings is 2. The standard InChI is InChI=1S/C15H14BrNO/c1-18-14-7-3-5-11-9-13(17-15(11)14)10-4-2-6-12(16)8-10/h2-8,13,17H,9H2,1H3. The minimum absolute atomic E-state index is 0.328. The number of nitrogens with one attached hydrogen (secondary N) is 1. The molecule has 0 aromatic heterocycles. The molecule has 1 aliphatic heterocycles. The van der Waals surface area contributed by atoms with Crippen molar-refractivity contribution in [1.82, 2.24) is 0 Å². The molecule has 2 nitrogen and oxygen atoms in total. The van der Waals surface area contributed by atoms with Gasteiger partial charge in [-0.2, -0.15) is 0 Å². The summed E-state index contributed by atoms with van der Waals surface area (Å²) in [5, 5.41) is 3.55. The SMILES string of the molecule is COc1cccc2c1NC(c1cccc(Br)c1)C2. The van der Waals surface area contributed by atoms with Gasteiger partial charge in [-0.05, 0) is 35.7 Å². The molecule has 3 rings (SSSR count). The molecule has 1 N–H and O–H groups in total. The normalized spacial score (nSPS) is 17.1. The molecule has 0 aliphatic carbocycles. The van der Waals surface area contributed by atoms with Gasteiger partial charge in [0.1, 0.15) is 5.75 Å². The third-order valence-corrected chi connectivity index (χ3v) is 3.82. The molecular weight excluding hydrogens is 290 g/mol. The van der Waals surface area contributed by atoms with Gasteiger partial charge in [0.2, 0.25) is 0 Å². The second kappa shape index (κ2) is 4.65. The molecule has 1 atom stereocenters. The van der Waals surface area contributed by atoms with Crippen molar-refractivity contribution in [2.75, 3.05) is 12.4 Å². The van der Waals surface area contributed by atoms with Crippen LogP contribution in [0.15, 0.2) is 46.9 Å². The van der Waals surface area contributed by atoms with Crippen molar-refractivity contribution in [3.8, 4) is 5.75 Å². The summed E-state index contributed by atoms with van der Waals surface area (Å²) >= 11 is 3.52. The Balaban J connectivity index is 1.93. The van der Waals surface area contributed by atoms with E-state index in [0.29, 0.717) is 6.04 Å². The molecule has 18 heavy (non-hydrogen) atoms. The summed E-state index contributed by atoms with van der Waals surface area (Å²) in [6, 6.07) is 15.0. The zero-order valence-corrected chi connectivity index (χ0v) is 11.7. The van der Waals surface area contributed by atoms with Crippen LogP contribution in [-0.2, 0) is 6.42 Å². The Morgan fingerprint density at radius 3 is 2.83 bits per heavy atom. The van der Waals surface area contributed by atoms with Crippen molar-refractivity contribution in [2.45, 2.75) is 12.5 Å². The summed E-state index contributed by atoms with van der Waals surface area (Å²) in [4.78, 5) is 0. The lowest BCUT2D eigenvalue weighted by molar-refractivity contribution is 0.416. The summed E-state index contributed by atoms with van der Waals surface area (Å²) in [6.45, 7) is 0. The first-order valence-electron chi connectivity index (χ1n) is 5.96. The topological polar surface area (TPSA) is 21.3 Å². The van der Waals surface area contributed by atoms with Crippen LogP contribution in [0.5, 0.6) is 5.75 Å². The van der Waals surface area contributed by atoms with Gasteiger partial charge >= 0.3 is 0 Å². The van der Waals surface area contributed by atoms with Gasteiger partial charge in [-0.3, -0.25) is 0 Å². The molecule has 2 aromatic rings. The summed E-state index contributed by atoms with van der Waals surface area (Å²) < 4.78 is 6.51. The molecule has 2 aromatic carbocycles. The Labute approximate surface area is 115 Å². The number of para-hydroxylation sites is 1. The highest BCUT2D eigenvalue weighted by atomic mass is 79.9. The van der Waals surface area contributed by atoms with Gasteiger partial charge in [-0.1, -0.05) is 40.2 Å². The lowest BCUT2D eigenvalue weighted by Crippen LogP contribution is -2.05. The van der Waals surface area contributed by atoms with E-state index in [1.165, 1.54) is 11.1 Å². The van der Waals surface area contributed by atoms with E-state index < -0.39 is 0 Å². The van der Waals surface area contributed by atoms with E-state index in [1.807, 2.05) is 18.2 Å². The van der Waals surface area contributed by atoms with Crippen molar-refractivity contribution in [3.05, 3.63) is 58.1 Å². The maximum atomic E-state index is 5.39. The quantitative estimate of drug-likeness (QED) is 0.899. The molecular formula is C15H14BrNO. The Morgan fingerprint density at radius 1 is 1.22 bits per heavy atom. The molecule has 1 heterocycles. The number of rotatable bonds is 2. The largest absolute Gasteiger partial charge is 0.495 e. The fourth-order valence-corrected chi connectivity index (χ4v) is 2.87. The van der Waals surface area contributed by atoms with Crippen molar-refractivity contribution >= 4 is 21.6 Å². The first kappa shape index (κ1) is 11.6. The zero-order chi connectivity index (χ0) is 12.5. The highest BCUT2D eigenvalue weighted by molar-refractivity contribution is 9.10. The molecule has 0 fully saturated rings. The number of hydrogen-bond acceptors (Lipinski definition) is 2. The lowest BCUT2D eigenvalue weighted by Gasteiger charge is -2.13. The minimum atomic E-state index is 0.328. The Bertz CT molecular complexity index is 582. The number of hydrogen-bond donors (Lipinski definition) is 1. The summed E-state index contributed by atoms with van der Waals surface area (Å²) in [7, 11) is 1.71. The van der Waals surface area contributed by atoms with Crippen molar-refractivity contribution in [2.24, 2.45) is 0 Å². The molecule has 0 bridgehead atoms. The third kappa shape index (κ3) is 1.99. The number of halogens is 1. The predicted octanol–water partition coefficient (Wildman–Crippen LogP) is 4.17. The second-order valence-electron chi connectivity index (χ2n) is 4.45.